The molecule has 1 saturated heterocycles. The van der Waals surface area contributed by atoms with Crippen LogP contribution >= 0.6 is 0 Å². The van der Waals surface area contributed by atoms with Crippen molar-refractivity contribution >= 4 is 5.97 Å². The van der Waals surface area contributed by atoms with Gasteiger partial charge < -0.3 is 9.47 Å². The Kier molecular flexibility index (Phi) is 7.52. The molecular formula is C16H31NO3. The van der Waals surface area contributed by atoms with Crippen molar-refractivity contribution in [2.45, 2.75) is 47.0 Å². The highest BCUT2D eigenvalue weighted by atomic mass is 16.5. The minimum atomic E-state index is -0.399. The van der Waals surface area contributed by atoms with Crippen molar-refractivity contribution < 1.29 is 14.3 Å². The zero-order chi connectivity index (χ0) is 15.0. The Bertz CT molecular complexity index is 285. The SMILES string of the molecule is CCCC(C)COC(=O)C(C)(C)CCN1CCOCC1. The molecule has 1 aliphatic rings. The fraction of sp³-hybridized carbons (Fsp3) is 0.938. The van der Waals surface area contributed by atoms with Crippen LogP contribution in [-0.4, -0.2) is 50.3 Å². The molecule has 0 aromatic rings. The van der Waals surface area contributed by atoms with Crippen LogP contribution in [0.1, 0.15) is 47.0 Å². The summed E-state index contributed by atoms with van der Waals surface area (Å²) in [5.41, 5.74) is -0.399. The number of carbonyl (C=O) groups is 1. The zero-order valence-electron chi connectivity index (χ0n) is 13.6. The van der Waals surface area contributed by atoms with Crippen LogP contribution in [0.15, 0.2) is 0 Å². The van der Waals surface area contributed by atoms with Gasteiger partial charge in [0.1, 0.15) is 0 Å². The first-order valence-electron chi connectivity index (χ1n) is 7.93. The van der Waals surface area contributed by atoms with E-state index >= 15 is 0 Å². The molecule has 0 amide bonds. The fourth-order valence-corrected chi connectivity index (χ4v) is 2.35. The van der Waals surface area contributed by atoms with Gasteiger partial charge in [-0.1, -0.05) is 20.3 Å². The number of morpholine rings is 1. The fourth-order valence-electron chi connectivity index (χ4n) is 2.35. The van der Waals surface area contributed by atoms with Gasteiger partial charge in [0.2, 0.25) is 0 Å². The Hall–Kier alpha value is -0.610. The highest BCUT2D eigenvalue weighted by Crippen LogP contribution is 2.23. The predicted octanol–water partition coefficient (Wildman–Crippen LogP) is 2.71. The van der Waals surface area contributed by atoms with E-state index in [0.29, 0.717) is 12.5 Å². The first kappa shape index (κ1) is 17.4. The molecule has 0 radical (unpaired) electrons. The van der Waals surface area contributed by atoms with Crippen LogP contribution in [0.4, 0.5) is 0 Å². The Balaban J connectivity index is 2.28. The quantitative estimate of drug-likeness (QED) is 0.643. The molecular weight excluding hydrogens is 254 g/mol. The molecule has 0 spiro atoms. The van der Waals surface area contributed by atoms with Crippen LogP contribution in [0, 0.1) is 11.3 Å². The highest BCUT2D eigenvalue weighted by molar-refractivity contribution is 5.75. The molecule has 4 nitrogen and oxygen atoms in total. The summed E-state index contributed by atoms with van der Waals surface area (Å²) in [5, 5.41) is 0. The first-order chi connectivity index (χ1) is 9.45. The van der Waals surface area contributed by atoms with Crippen LogP contribution in [0.3, 0.4) is 0 Å². The summed E-state index contributed by atoms with van der Waals surface area (Å²) >= 11 is 0. The molecule has 1 atom stereocenters. The van der Waals surface area contributed by atoms with Crippen LogP contribution in [0.25, 0.3) is 0 Å². The van der Waals surface area contributed by atoms with E-state index in [1.807, 2.05) is 13.8 Å². The van der Waals surface area contributed by atoms with E-state index in [1.54, 1.807) is 0 Å². The standard InChI is InChI=1S/C16H31NO3/c1-5-6-14(2)13-20-15(18)16(3,4)7-8-17-9-11-19-12-10-17/h14H,5-13H2,1-4H3. The minimum Gasteiger partial charge on any atom is -0.465 e. The number of carbonyl (C=O) groups excluding carboxylic acids is 1. The van der Waals surface area contributed by atoms with Crippen LogP contribution in [0.2, 0.25) is 0 Å². The molecule has 1 unspecified atom stereocenters. The third-order valence-corrected chi connectivity index (χ3v) is 3.99. The van der Waals surface area contributed by atoms with Crippen LogP contribution in [0.5, 0.6) is 0 Å². The van der Waals surface area contributed by atoms with E-state index in [1.165, 1.54) is 0 Å². The molecule has 0 aromatic heterocycles. The molecule has 0 aliphatic carbocycles. The normalized spacial score (nSPS) is 18.8. The number of ether oxygens (including phenoxy) is 2. The predicted molar refractivity (Wildman–Crippen MR) is 80.7 cm³/mol. The lowest BCUT2D eigenvalue weighted by Gasteiger charge is -2.30. The van der Waals surface area contributed by atoms with Gasteiger partial charge in [0, 0.05) is 13.1 Å². The van der Waals surface area contributed by atoms with E-state index in [9.17, 15) is 4.79 Å². The van der Waals surface area contributed by atoms with E-state index < -0.39 is 5.41 Å². The minimum absolute atomic E-state index is 0.0614. The number of nitrogens with zero attached hydrogens (tertiary/aromatic N) is 1. The Morgan fingerprint density at radius 3 is 2.60 bits per heavy atom. The van der Waals surface area contributed by atoms with E-state index in [0.717, 1.165) is 52.1 Å². The van der Waals surface area contributed by atoms with Gasteiger partial charge in [-0.25, -0.2) is 0 Å². The molecule has 20 heavy (non-hydrogen) atoms. The van der Waals surface area contributed by atoms with Crippen LogP contribution in [-0.2, 0) is 14.3 Å². The summed E-state index contributed by atoms with van der Waals surface area (Å²) in [5.74, 6) is 0.396. The topological polar surface area (TPSA) is 38.8 Å². The van der Waals surface area contributed by atoms with E-state index in [-0.39, 0.29) is 5.97 Å². The van der Waals surface area contributed by atoms with Gasteiger partial charge >= 0.3 is 5.97 Å². The summed E-state index contributed by atoms with van der Waals surface area (Å²) in [4.78, 5) is 14.5. The van der Waals surface area contributed by atoms with Crippen molar-refractivity contribution in [3.63, 3.8) is 0 Å². The maximum absolute atomic E-state index is 12.2. The third-order valence-electron chi connectivity index (χ3n) is 3.99. The average Bonchev–Trinajstić information content (AvgIpc) is 2.44. The van der Waals surface area contributed by atoms with Crippen LogP contribution < -0.4 is 0 Å². The molecule has 1 fully saturated rings. The Morgan fingerprint density at radius 1 is 1.35 bits per heavy atom. The van der Waals surface area contributed by atoms with E-state index in [4.69, 9.17) is 9.47 Å². The first-order valence-corrected chi connectivity index (χ1v) is 7.93. The summed E-state index contributed by atoms with van der Waals surface area (Å²) in [6.07, 6.45) is 3.09. The average molecular weight is 285 g/mol. The summed E-state index contributed by atoms with van der Waals surface area (Å²) in [7, 11) is 0. The molecule has 1 heterocycles. The van der Waals surface area contributed by atoms with E-state index in [2.05, 4.69) is 18.7 Å². The second-order valence-corrected chi connectivity index (χ2v) is 6.58. The second-order valence-electron chi connectivity index (χ2n) is 6.58. The molecule has 0 aromatic carbocycles. The van der Waals surface area contributed by atoms with Gasteiger partial charge in [0.05, 0.1) is 25.2 Å². The Labute approximate surface area is 123 Å². The van der Waals surface area contributed by atoms with Gasteiger partial charge in [0.15, 0.2) is 0 Å². The van der Waals surface area contributed by atoms with Gasteiger partial charge in [-0.15, -0.1) is 0 Å². The van der Waals surface area contributed by atoms with Gasteiger partial charge in [-0.05, 0) is 39.2 Å². The molecule has 118 valence electrons. The van der Waals surface area contributed by atoms with Crippen molar-refractivity contribution in [1.82, 2.24) is 4.90 Å². The zero-order valence-corrected chi connectivity index (χ0v) is 13.6. The molecule has 1 rings (SSSR count). The molecule has 1 aliphatic heterocycles. The largest absolute Gasteiger partial charge is 0.465 e. The number of rotatable bonds is 8. The number of hydrogen-bond acceptors (Lipinski definition) is 4. The van der Waals surface area contributed by atoms with Crippen molar-refractivity contribution in [2.24, 2.45) is 11.3 Å². The third kappa shape index (κ3) is 6.23. The molecule has 4 heteroatoms. The lowest BCUT2D eigenvalue weighted by molar-refractivity contribution is -0.156. The Morgan fingerprint density at radius 2 is 2.00 bits per heavy atom. The van der Waals surface area contributed by atoms with Gasteiger partial charge in [-0.3, -0.25) is 9.69 Å². The number of hydrogen-bond donors (Lipinski definition) is 0. The van der Waals surface area contributed by atoms with Crippen molar-refractivity contribution in [3.05, 3.63) is 0 Å². The maximum atomic E-state index is 12.2. The molecule has 0 bridgehead atoms. The van der Waals surface area contributed by atoms with Gasteiger partial charge in [0.25, 0.3) is 0 Å². The molecule has 0 N–H and O–H groups in total. The van der Waals surface area contributed by atoms with Crippen molar-refractivity contribution in [1.29, 1.82) is 0 Å². The van der Waals surface area contributed by atoms with Crippen molar-refractivity contribution in [2.75, 3.05) is 39.5 Å². The monoisotopic (exact) mass is 285 g/mol. The number of esters is 1. The summed E-state index contributed by atoms with van der Waals surface area (Å²) in [6, 6.07) is 0. The second kappa shape index (κ2) is 8.63. The van der Waals surface area contributed by atoms with Gasteiger partial charge in [-0.2, -0.15) is 0 Å². The maximum Gasteiger partial charge on any atom is 0.311 e. The molecule has 0 saturated carbocycles. The smallest absolute Gasteiger partial charge is 0.311 e. The summed E-state index contributed by atoms with van der Waals surface area (Å²) < 4.78 is 10.8. The lowest BCUT2D eigenvalue weighted by atomic mass is 9.89. The lowest BCUT2D eigenvalue weighted by Crippen LogP contribution is -2.39. The highest BCUT2D eigenvalue weighted by Gasteiger charge is 2.30. The summed E-state index contributed by atoms with van der Waals surface area (Å²) in [6.45, 7) is 13.3. The van der Waals surface area contributed by atoms with Crippen molar-refractivity contribution in [3.8, 4) is 0 Å².